The Morgan fingerprint density at radius 3 is 2.85 bits per heavy atom. The molecule has 0 aliphatic carbocycles. The number of hydrogen-bond donors (Lipinski definition) is 1. The number of urea groups is 1. The molecular formula is C17H17N5O4. The number of rotatable bonds is 3. The number of fused-ring (bicyclic) bond motifs is 2. The number of pyridine rings is 1. The highest BCUT2D eigenvalue weighted by Gasteiger charge is 2.33. The summed E-state index contributed by atoms with van der Waals surface area (Å²) in [4.78, 5) is 30.8. The van der Waals surface area contributed by atoms with Crippen LogP contribution in [0.3, 0.4) is 0 Å². The van der Waals surface area contributed by atoms with E-state index in [0.29, 0.717) is 28.7 Å². The molecule has 9 nitrogen and oxygen atoms in total. The number of carbonyl (C=O) groups is 2. The van der Waals surface area contributed by atoms with Crippen molar-refractivity contribution in [2.75, 3.05) is 42.7 Å². The summed E-state index contributed by atoms with van der Waals surface area (Å²) < 4.78 is 10.6. The third-order valence-corrected chi connectivity index (χ3v) is 4.28. The molecule has 0 radical (unpaired) electrons. The predicted octanol–water partition coefficient (Wildman–Crippen LogP) is 1.67. The van der Waals surface area contributed by atoms with E-state index in [1.165, 1.54) is 9.91 Å². The van der Waals surface area contributed by atoms with Crippen molar-refractivity contribution in [3.8, 4) is 11.5 Å². The zero-order chi connectivity index (χ0) is 18.3. The number of carbonyl (C=O) groups excluding carboxylic acids is 2. The van der Waals surface area contributed by atoms with Crippen LogP contribution < -0.4 is 24.7 Å². The van der Waals surface area contributed by atoms with Gasteiger partial charge >= 0.3 is 6.03 Å². The number of anilines is 3. The highest BCUT2D eigenvalue weighted by atomic mass is 16.7. The van der Waals surface area contributed by atoms with Gasteiger partial charge in [0.05, 0.1) is 5.69 Å². The summed E-state index contributed by atoms with van der Waals surface area (Å²) >= 11 is 0. The molecule has 0 saturated heterocycles. The van der Waals surface area contributed by atoms with E-state index in [4.69, 9.17) is 9.47 Å². The molecule has 3 amide bonds. The fraction of sp³-hybridized carbons (Fsp3) is 0.235. The number of amides is 3. The molecule has 0 bridgehead atoms. The van der Waals surface area contributed by atoms with E-state index >= 15 is 0 Å². The molecule has 0 atom stereocenters. The molecular weight excluding hydrogens is 338 g/mol. The fourth-order valence-electron chi connectivity index (χ4n) is 2.87. The lowest BCUT2D eigenvalue weighted by atomic mass is 10.2. The van der Waals surface area contributed by atoms with E-state index < -0.39 is 0 Å². The van der Waals surface area contributed by atoms with Crippen LogP contribution in [-0.2, 0) is 4.79 Å². The van der Waals surface area contributed by atoms with Gasteiger partial charge in [-0.2, -0.15) is 0 Å². The first-order valence-corrected chi connectivity index (χ1v) is 7.98. The number of benzene rings is 1. The van der Waals surface area contributed by atoms with Crippen LogP contribution >= 0.6 is 0 Å². The first-order valence-electron chi connectivity index (χ1n) is 7.98. The van der Waals surface area contributed by atoms with Gasteiger partial charge < -0.3 is 14.8 Å². The van der Waals surface area contributed by atoms with Crippen LogP contribution in [0, 0.1) is 0 Å². The molecule has 2 aliphatic heterocycles. The van der Waals surface area contributed by atoms with Gasteiger partial charge in [-0.05, 0) is 24.3 Å². The second-order valence-corrected chi connectivity index (χ2v) is 5.88. The van der Waals surface area contributed by atoms with Crippen LogP contribution in [0.4, 0.5) is 22.0 Å². The van der Waals surface area contributed by atoms with Gasteiger partial charge in [-0.1, -0.05) is 0 Å². The lowest BCUT2D eigenvalue weighted by Gasteiger charge is -2.40. The van der Waals surface area contributed by atoms with Crippen molar-refractivity contribution in [2.45, 2.75) is 0 Å². The average Bonchev–Trinajstić information content (AvgIpc) is 3.11. The fourth-order valence-corrected chi connectivity index (χ4v) is 2.87. The smallest absolute Gasteiger partial charge is 0.343 e. The van der Waals surface area contributed by atoms with Gasteiger partial charge in [0.1, 0.15) is 6.54 Å². The Morgan fingerprint density at radius 1 is 1.19 bits per heavy atom. The number of hydrazine groups is 1. The quantitative estimate of drug-likeness (QED) is 0.901. The van der Waals surface area contributed by atoms with E-state index in [0.717, 1.165) is 0 Å². The van der Waals surface area contributed by atoms with Crippen molar-refractivity contribution < 1.29 is 19.1 Å². The molecule has 26 heavy (non-hydrogen) atoms. The van der Waals surface area contributed by atoms with Crippen LogP contribution in [0.2, 0.25) is 0 Å². The minimum absolute atomic E-state index is 0.135. The summed E-state index contributed by atoms with van der Waals surface area (Å²) in [6.07, 6.45) is 1.64. The number of ether oxygens (including phenoxy) is 2. The maximum Gasteiger partial charge on any atom is 0.343 e. The molecule has 9 heteroatoms. The van der Waals surface area contributed by atoms with Crippen molar-refractivity contribution in [3.05, 3.63) is 36.5 Å². The van der Waals surface area contributed by atoms with E-state index in [1.54, 1.807) is 55.6 Å². The third-order valence-electron chi connectivity index (χ3n) is 4.28. The maximum absolute atomic E-state index is 12.6. The Balaban J connectivity index is 1.53. The second kappa shape index (κ2) is 6.10. The summed E-state index contributed by atoms with van der Waals surface area (Å²) in [7, 11) is 3.37. The lowest BCUT2D eigenvalue weighted by molar-refractivity contribution is -0.114. The largest absolute Gasteiger partial charge is 0.454 e. The van der Waals surface area contributed by atoms with Crippen LogP contribution in [0.15, 0.2) is 36.5 Å². The number of nitrogens with one attached hydrogen (secondary N) is 1. The molecule has 1 aromatic carbocycles. The van der Waals surface area contributed by atoms with Gasteiger partial charge in [0, 0.05) is 32.0 Å². The van der Waals surface area contributed by atoms with Crippen LogP contribution in [0.5, 0.6) is 11.5 Å². The Morgan fingerprint density at radius 2 is 2.00 bits per heavy atom. The van der Waals surface area contributed by atoms with Gasteiger partial charge in [-0.25, -0.2) is 14.8 Å². The summed E-state index contributed by atoms with van der Waals surface area (Å²) in [6, 6.07) is 8.32. The molecule has 0 spiro atoms. The van der Waals surface area contributed by atoms with Crippen molar-refractivity contribution >= 4 is 29.1 Å². The van der Waals surface area contributed by atoms with E-state index in [1.807, 2.05) is 0 Å². The molecule has 0 unspecified atom stereocenters. The van der Waals surface area contributed by atoms with E-state index in [-0.39, 0.29) is 25.3 Å². The zero-order valence-corrected chi connectivity index (χ0v) is 14.3. The molecule has 134 valence electrons. The molecule has 2 aliphatic rings. The Kier molecular flexibility index (Phi) is 3.76. The lowest BCUT2D eigenvalue weighted by Crippen LogP contribution is -2.55. The minimum atomic E-state index is -0.329. The second-order valence-electron chi connectivity index (χ2n) is 5.88. The molecule has 2 aromatic rings. The number of hydrogen-bond acceptors (Lipinski definition) is 6. The van der Waals surface area contributed by atoms with Crippen molar-refractivity contribution in [1.82, 2.24) is 9.99 Å². The standard InChI is InChI=1S/C17H17N5O4/c1-20-16-12(4-3-7-18-16)22(17(24)21(20)2)9-15(23)19-11-5-6-13-14(8-11)26-10-25-13/h3-8H,9-10H2,1-2H3,(H,19,23). The van der Waals surface area contributed by atoms with Crippen molar-refractivity contribution in [3.63, 3.8) is 0 Å². The molecule has 1 N–H and O–H groups in total. The highest BCUT2D eigenvalue weighted by molar-refractivity contribution is 6.05. The average molecular weight is 355 g/mol. The Bertz CT molecular complexity index is 887. The topological polar surface area (TPSA) is 87.2 Å². The number of nitrogens with zero attached hydrogens (tertiary/aromatic N) is 4. The molecule has 4 rings (SSSR count). The molecule has 3 heterocycles. The van der Waals surface area contributed by atoms with Crippen molar-refractivity contribution in [1.29, 1.82) is 0 Å². The summed E-state index contributed by atoms with van der Waals surface area (Å²) in [5, 5.41) is 5.82. The SMILES string of the molecule is CN1C(=O)N(CC(=O)Nc2ccc3c(c2)OCO3)c2cccnc2N1C. The summed E-state index contributed by atoms with van der Waals surface area (Å²) in [6.45, 7) is 0.0306. The third kappa shape index (κ3) is 2.63. The number of aromatic nitrogens is 1. The van der Waals surface area contributed by atoms with Crippen LogP contribution in [0.25, 0.3) is 0 Å². The highest BCUT2D eigenvalue weighted by Crippen LogP contribution is 2.35. The van der Waals surface area contributed by atoms with Gasteiger partial charge in [0.15, 0.2) is 17.3 Å². The van der Waals surface area contributed by atoms with Gasteiger partial charge in [-0.15, -0.1) is 0 Å². The first-order chi connectivity index (χ1) is 12.5. The molecule has 0 saturated carbocycles. The predicted molar refractivity (Wildman–Crippen MR) is 94.3 cm³/mol. The van der Waals surface area contributed by atoms with E-state index in [9.17, 15) is 9.59 Å². The van der Waals surface area contributed by atoms with Gasteiger partial charge in [0.25, 0.3) is 0 Å². The summed E-state index contributed by atoms with van der Waals surface area (Å²) in [5.74, 6) is 1.49. The molecule has 0 fully saturated rings. The van der Waals surface area contributed by atoms with Crippen LogP contribution in [0.1, 0.15) is 0 Å². The first kappa shape index (κ1) is 16.0. The monoisotopic (exact) mass is 355 g/mol. The van der Waals surface area contributed by atoms with E-state index in [2.05, 4.69) is 10.3 Å². The Hall–Kier alpha value is -3.49. The zero-order valence-electron chi connectivity index (χ0n) is 14.3. The Labute approximate surface area is 149 Å². The summed E-state index contributed by atoms with van der Waals surface area (Å²) in [5.41, 5.74) is 1.15. The van der Waals surface area contributed by atoms with Gasteiger partial charge in [0.2, 0.25) is 12.7 Å². The normalized spacial score (nSPS) is 15.2. The molecule has 1 aromatic heterocycles. The van der Waals surface area contributed by atoms with Crippen LogP contribution in [-0.4, -0.2) is 49.4 Å². The van der Waals surface area contributed by atoms with Gasteiger partial charge in [-0.3, -0.25) is 14.7 Å². The minimum Gasteiger partial charge on any atom is -0.454 e. The maximum atomic E-state index is 12.6. The van der Waals surface area contributed by atoms with Crippen molar-refractivity contribution in [2.24, 2.45) is 0 Å².